The van der Waals surface area contributed by atoms with Gasteiger partial charge in [-0.25, -0.2) is 4.98 Å². The van der Waals surface area contributed by atoms with E-state index in [4.69, 9.17) is 0 Å². The van der Waals surface area contributed by atoms with E-state index in [0.29, 0.717) is 12.8 Å². The smallest absolute Gasteiger partial charge is 0.235 e. The second-order valence-electron chi connectivity index (χ2n) is 6.76. The van der Waals surface area contributed by atoms with Crippen molar-refractivity contribution < 1.29 is 14.4 Å². The molecule has 0 radical (unpaired) electrons. The van der Waals surface area contributed by atoms with Crippen molar-refractivity contribution in [1.82, 2.24) is 14.7 Å². The van der Waals surface area contributed by atoms with Gasteiger partial charge in [0.15, 0.2) is 0 Å². The highest BCUT2D eigenvalue weighted by Gasteiger charge is 2.30. The van der Waals surface area contributed by atoms with Gasteiger partial charge in [-0.05, 0) is 25.3 Å². The highest BCUT2D eigenvalue weighted by Crippen LogP contribution is 2.28. The number of anilines is 1. The van der Waals surface area contributed by atoms with Crippen molar-refractivity contribution in [2.24, 2.45) is 5.92 Å². The first-order valence-corrected chi connectivity index (χ1v) is 8.66. The van der Waals surface area contributed by atoms with E-state index in [1.165, 1.54) is 0 Å². The van der Waals surface area contributed by atoms with E-state index in [1.54, 1.807) is 6.20 Å². The van der Waals surface area contributed by atoms with Crippen LogP contribution in [0.25, 0.3) is 5.65 Å². The first-order valence-electron chi connectivity index (χ1n) is 8.66. The monoisotopic (exact) mass is 340 g/mol. The minimum atomic E-state index is -0.345. The Morgan fingerprint density at radius 1 is 1.20 bits per heavy atom. The Balaban J connectivity index is 1.58. The average Bonchev–Trinajstić information content (AvgIpc) is 3.05. The van der Waals surface area contributed by atoms with Gasteiger partial charge in [0.1, 0.15) is 11.9 Å². The number of hydrogen-bond donors (Lipinski definition) is 1. The highest BCUT2D eigenvalue weighted by molar-refractivity contribution is 6.00. The Kier molecular flexibility index (Phi) is 3.99. The van der Waals surface area contributed by atoms with E-state index in [9.17, 15) is 14.4 Å². The highest BCUT2D eigenvalue weighted by atomic mass is 16.2. The first-order chi connectivity index (χ1) is 12.2. The number of hydrogen-bond acceptors (Lipinski definition) is 5. The molecule has 0 aromatic carbocycles. The zero-order chi connectivity index (χ0) is 17.4. The summed E-state index contributed by atoms with van der Waals surface area (Å²) in [5.41, 5.74) is 2.68. The Morgan fingerprint density at radius 3 is 2.72 bits per heavy atom. The van der Waals surface area contributed by atoms with Crippen LogP contribution in [0.2, 0.25) is 0 Å². The van der Waals surface area contributed by atoms with Crippen LogP contribution in [0.4, 0.5) is 5.69 Å². The van der Waals surface area contributed by atoms with Gasteiger partial charge < -0.3 is 14.1 Å². The number of piperidine rings is 2. The van der Waals surface area contributed by atoms with Crippen LogP contribution in [0.15, 0.2) is 24.5 Å². The maximum absolute atomic E-state index is 12.1. The second-order valence-corrected chi connectivity index (χ2v) is 6.76. The Bertz CT molecular complexity index is 836. The van der Waals surface area contributed by atoms with Crippen molar-refractivity contribution in [1.29, 1.82) is 0 Å². The molecule has 1 N–H and O–H groups in total. The van der Waals surface area contributed by atoms with E-state index in [-0.39, 0.29) is 23.7 Å². The molecule has 2 aliphatic heterocycles. The second kappa shape index (κ2) is 6.31. The summed E-state index contributed by atoms with van der Waals surface area (Å²) < 4.78 is 1.92. The van der Waals surface area contributed by atoms with Gasteiger partial charge in [-0.2, -0.15) is 0 Å². The molecule has 0 aliphatic carbocycles. The number of nitrogens with one attached hydrogen (secondary N) is 1. The molecule has 2 aromatic heterocycles. The zero-order valence-corrected chi connectivity index (χ0v) is 13.9. The number of imide groups is 1. The third-order valence-corrected chi connectivity index (χ3v) is 5.22. The molecular weight excluding hydrogens is 320 g/mol. The summed E-state index contributed by atoms with van der Waals surface area (Å²) in [6.45, 7) is 1.72. The van der Waals surface area contributed by atoms with Crippen molar-refractivity contribution in [3.8, 4) is 0 Å². The molecule has 0 spiro atoms. The molecule has 2 amide bonds. The number of nitrogens with zero attached hydrogens (tertiary/aromatic N) is 3. The summed E-state index contributed by atoms with van der Waals surface area (Å²) in [6, 6.07) is 4.03. The number of amides is 2. The predicted octanol–water partition coefficient (Wildman–Crippen LogP) is 1.27. The number of fused-ring (bicyclic) bond motifs is 1. The molecule has 4 heterocycles. The fourth-order valence-corrected chi connectivity index (χ4v) is 3.71. The molecule has 25 heavy (non-hydrogen) atoms. The molecule has 7 nitrogen and oxygen atoms in total. The molecular formula is C18H20N4O3. The first kappa shape index (κ1) is 15.8. The lowest BCUT2D eigenvalue weighted by Gasteiger charge is -2.31. The minimum Gasteiger partial charge on any atom is -0.371 e. The predicted molar refractivity (Wildman–Crippen MR) is 91.3 cm³/mol. The fraction of sp³-hybridized carbons (Fsp3) is 0.444. The van der Waals surface area contributed by atoms with Crippen LogP contribution in [-0.4, -0.2) is 40.6 Å². The van der Waals surface area contributed by atoms with E-state index in [0.717, 1.165) is 49.2 Å². The maximum atomic E-state index is 12.1. The Labute approximate surface area is 145 Å². The Hall–Kier alpha value is -2.70. The zero-order valence-electron chi connectivity index (χ0n) is 13.9. The van der Waals surface area contributed by atoms with Crippen molar-refractivity contribution in [3.05, 3.63) is 30.2 Å². The third kappa shape index (κ3) is 2.90. The molecule has 7 heteroatoms. The molecule has 0 bridgehead atoms. The summed E-state index contributed by atoms with van der Waals surface area (Å²) in [5, 5.41) is 2.40. The number of aromatic nitrogens is 2. The van der Waals surface area contributed by atoms with Gasteiger partial charge in [-0.1, -0.05) is 0 Å². The number of rotatable bonds is 3. The number of pyridine rings is 1. The van der Waals surface area contributed by atoms with E-state index in [1.807, 2.05) is 22.7 Å². The summed E-state index contributed by atoms with van der Waals surface area (Å²) in [4.78, 5) is 41.1. The van der Waals surface area contributed by atoms with Crippen LogP contribution in [0.5, 0.6) is 0 Å². The molecule has 1 atom stereocenters. The fourth-order valence-electron chi connectivity index (χ4n) is 3.71. The van der Waals surface area contributed by atoms with Gasteiger partial charge in [-0.15, -0.1) is 0 Å². The van der Waals surface area contributed by atoms with Crippen molar-refractivity contribution in [3.63, 3.8) is 0 Å². The maximum Gasteiger partial charge on any atom is 0.235 e. The third-order valence-electron chi connectivity index (χ3n) is 5.22. The van der Waals surface area contributed by atoms with E-state index >= 15 is 0 Å². The molecule has 0 saturated carbocycles. The molecule has 1 unspecified atom stereocenters. The van der Waals surface area contributed by atoms with Gasteiger partial charge >= 0.3 is 0 Å². The number of imidazole rings is 1. The Morgan fingerprint density at radius 2 is 2.00 bits per heavy atom. The standard InChI is InChI=1S/C18H20N4O3/c23-11-12-3-6-21(7-4-12)13-5-8-22-15(10-19-16(22)9-13)14-1-2-17(24)20-18(14)25/h5,8-12,14H,1-4,6-7H2,(H,20,24,25). The van der Waals surface area contributed by atoms with Crippen LogP contribution in [-0.2, 0) is 14.4 Å². The largest absolute Gasteiger partial charge is 0.371 e. The summed E-state index contributed by atoms with van der Waals surface area (Å²) in [6.07, 6.45) is 7.34. The van der Waals surface area contributed by atoms with Gasteiger partial charge in [-0.3, -0.25) is 14.9 Å². The normalized spacial score (nSPS) is 22.2. The topological polar surface area (TPSA) is 83.8 Å². The van der Waals surface area contributed by atoms with Crippen LogP contribution in [0.3, 0.4) is 0 Å². The number of carbonyl (C=O) groups excluding carboxylic acids is 3. The van der Waals surface area contributed by atoms with Crippen molar-refractivity contribution in [2.45, 2.75) is 31.6 Å². The SMILES string of the molecule is O=CC1CCN(c2ccn3c(C4CCC(=O)NC4=O)cnc3c2)CC1. The molecule has 2 aliphatic rings. The number of aldehydes is 1. The van der Waals surface area contributed by atoms with Gasteiger partial charge in [0, 0.05) is 49.6 Å². The lowest BCUT2D eigenvalue weighted by atomic mass is 9.95. The summed E-state index contributed by atoms with van der Waals surface area (Å²) in [7, 11) is 0. The van der Waals surface area contributed by atoms with Crippen LogP contribution >= 0.6 is 0 Å². The van der Waals surface area contributed by atoms with Gasteiger partial charge in [0.05, 0.1) is 11.6 Å². The molecule has 130 valence electrons. The van der Waals surface area contributed by atoms with Gasteiger partial charge in [0.25, 0.3) is 0 Å². The summed E-state index contributed by atoms with van der Waals surface area (Å²) >= 11 is 0. The quantitative estimate of drug-likeness (QED) is 0.672. The van der Waals surface area contributed by atoms with Crippen LogP contribution < -0.4 is 10.2 Å². The average molecular weight is 340 g/mol. The van der Waals surface area contributed by atoms with Crippen LogP contribution in [0.1, 0.15) is 37.3 Å². The van der Waals surface area contributed by atoms with Gasteiger partial charge in [0.2, 0.25) is 11.8 Å². The lowest BCUT2D eigenvalue weighted by Crippen LogP contribution is -2.39. The van der Waals surface area contributed by atoms with E-state index in [2.05, 4.69) is 15.2 Å². The summed E-state index contributed by atoms with van der Waals surface area (Å²) in [5.74, 6) is -0.637. The van der Waals surface area contributed by atoms with E-state index < -0.39 is 0 Å². The molecule has 2 aromatic rings. The molecule has 2 fully saturated rings. The lowest BCUT2D eigenvalue weighted by molar-refractivity contribution is -0.134. The van der Waals surface area contributed by atoms with Crippen molar-refractivity contribution in [2.75, 3.05) is 18.0 Å². The minimum absolute atomic E-state index is 0.172. The van der Waals surface area contributed by atoms with Crippen LogP contribution in [0, 0.1) is 5.92 Å². The molecule has 4 rings (SSSR count). The molecule has 2 saturated heterocycles. The van der Waals surface area contributed by atoms with Crippen molar-refractivity contribution >= 4 is 29.4 Å². The number of carbonyl (C=O) groups is 3.